The number of rotatable bonds is 7. The molecule has 6 heteroatoms. The van der Waals surface area contributed by atoms with E-state index in [-0.39, 0.29) is 5.91 Å². The summed E-state index contributed by atoms with van der Waals surface area (Å²) in [4.78, 5) is 17.3. The molecular weight excluding hydrogens is 208 g/mol. The first-order valence-electron chi connectivity index (χ1n) is 5.52. The molecule has 0 aliphatic heterocycles. The molecule has 16 heavy (non-hydrogen) atoms. The number of amides is 1. The second kappa shape index (κ2) is 6.95. The fraction of sp³-hybridized carbons (Fsp3) is 0.700. The molecule has 0 atom stereocenters. The third-order valence-corrected chi connectivity index (χ3v) is 2.31. The summed E-state index contributed by atoms with van der Waals surface area (Å²) in [6, 6.07) is 0. The van der Waals surface area contributed by atoms with E-state index in [1.165, 1.54) is 6.33 Å². The average Bonchev–Trinajstić information content (AvgIpc) is 2.79. The Hall–Kier alpha value is -1.43. The Morgan fingerprint density at radius 3 is 2.81 bits per heavy atom. The van der Waals surface area contributed by atoms with Gasteiger partial charge in [0.25, 0.3) is 0 Å². The maximum absolute atomic E-state index is 11.6. The zero-order valence-electron chi connectivity index (χ0n) is 9.77. The summed E-state index contributed by atoms with van der Waals surface area (Å²) in [5.41, 5.74) is 0. The fourth-order valence-electron chi connectivity index (χ4n) is 1.38. The molecule has 1 aromatic rings. The van der Waals surface area contributed by atoms with Crippen molar-refractivity contribution in [2.24, 2.45) is 0 Å². The van der Waals surface area contributed by atoms with Crippen molar-refractivity contribution in [3.63, 3.8) is 0 Å². The van der Waals surface area contributed by atoms with Gasteiger partial charge in [-0.05, 0) is 13.8 Å². The molecule has 0 radical (unpaired) electrons. The highest BCUT2D eigenvalue weighted by atomic mass is 16.5. The smallest absolute Gasteiger partial charge is 0.236 e. The van der Waals surface area contributed by atoms with Gasteiger partial charge in [-0.3, -0.25) is 4.79 Å². The predicted molar refractivity (Wildman–Crippen MR) is 58.8 cm³/mol. The molecule has 0 bridgehead atoms. The molecule has 0 saturated carbocycles. The largest absolute Gasteiger partial charge is 0.342 e. The highest BCUT2D eigenvalue weighted by Gasteiger charge is 2.08. The lowest BCUT2D eigenvalue weighted by molar-refractivity contribution is -0.129. The van der Waals surface area contributed by atoms with Gasteiger partial charge in [0.15, 0.2) is 6.33 Å². The number of aromatic nitrogens is 2. The van der Waals surface area contributed by atoms with Crippen LogP contribution in [0.2, 0.25) is 0 Å². The van der Waals surface area contributed by atoms with Gasteiger partial charge in [0, 0.05) is 26.1 Å². The third kappa shape index (κ3) is 3.98. The summed E-state index contributed by atoms with van der Waals surface area (Å²) in [6.07, 6.45) is 2.02. The Balaban J connectivity index is 2.13. The van der Waals surface area contributed by atoms with Crippen LogP contribution in [0.25, 0.3) is 0 Å². The summed E-state index contributed by atoms with van der Waals surface area (Å²) in [7, 11) is 0. The molecule has 0 aliphatic carbocycles. The van der Waals surface area contributed by atoms with E-state index >= 15 is 0 Å². The molecular formula is C10H18N4O2. The van der Waals surface area contributed by atoms with Gasteiger partial charge in [-0.2, -0.15) is 4.98 Å². The minimum absolute atomic E-state index is 0.121. The predicted octanol–water partition coefficient (Wildman–Crippen LogP) is 0.0701. The van der Waals surface area contributed by atoms with Crippen LogP contribution in [0.15, 0.2) is 10.9 Å². The number of nitrogens with zero attached hydrogens (tertiary/aromatic N) is 3. The van der Waals surface area contributed by atoms with E-state index < -0.39 is 0 Å². The lowest BCUT2D eigenvalue weighted by atomic mass is 10.4. The second-order valence-corrected chi connectivity index (χ2v) is 3.33. The monoisotopic (exact) mass is 226 g/mol. The van der Waals surface area contributed by atoms with Crippen molar-refractivity contribution in [3.8, 4) is 0 Å². The molecule has 0 saturated heterocycles. The Bertz CT molecular complexity index is 296. The summed E-state index contributed by atoms with van der Waals surface area (Å²) < 4.78 is 4.83. The van der Waals surface area contributed by atoms with Crippen molar-refractivity contribution >= 4 is 5.91 Å². The zero-order chi connectivity index (χ0) is 11.8. The van der Waals surface area contributed by atoms with Crippen molar-refractivity contribution in [1.29, 1.82) is 0 Å². The maximum atomic E-state index is 11.6. The number of nitrogens with one attached hydrogen (secondary N) is 1. The van der Waals surface area contributed by atoms with Crippen molar-refractivity contribution in [2.45, 2.75) is 20.3 Å². The van der Waals surface area contributed by atoms with E-state index in [9.17, 15) is 4.79 Å². The van der Waals surface area contributed by atoms with Gasteiger partial charge < -0.3 is 14.7 Å². The highest BCUT2D eigenvalue weighted by molar-refractivity contribution is 5.78. The highest BCUT2D eigenvalue weighted by Crippen LogP contribution is 1.91. The number of likely N-dealkylation sites (N-methyl/N-ethyl adjacent to an activating group) is 1. The van der Waals surface area contributed by atoms with Gasteiger partial charge in [-0.15, -0.1) is 0 Å². The molecule has 1 rings (SSSR count). The normalized spacial score (nSPS) is 10.4. The van der Waals surface area contributed by atoms with Gasteiger partial charge in [-0.25, -0.2) is 0 Å². The quantitative estimate of drug-likeness (QED) is 0.666. The van der Waals surface area contributed by atoms with Crippen LogP contribution in [-0.2, 0) is 11.2 Å². The molecule has 1 heterocycles. The van der Waals surface area contributed by atoms with Crippen LogP contribution in [0.5, 0.6) is 0 Å². The second-order valence-electron chi connectivity index (χ2n) is 3.33. The van der Waals surface area contributed by atoms with Gasteiger partial charge in [0.05, 0.1) is 6.54 Å². The van der Waals surface area contributed by atoms with E-state index in [4.69, 9.17) is 4.52 Å². The minimum Gasteiger partial charge on any atom is -0.342 e. The number of carbonyl (C=O) groups excluding carboxylic acids is 1. The molecule has 90 valence electrons. The first-order valence-corrected chi connectivity index (χ1v) is 5.52. The third-order valence-electron chi connectivity index (χ3n) is 2.31. The molecule has 1 aromatic heterocycles. The van der Waals surface area contributed by atoms with Gasteiger partial charge >= 0.3 is 0 Å². The Kier molecular flexibility index (Phi) is 5.49. The van der Waals surface area contributed by atoms with Crippen LogP contribution < -0.4 is 5.32 Å². The number of hydrogen-bond donors (Lipinski definition) is 1. The molecule has 0 spiro atoms. The SMILES string of the molecule is CCN(CC)C(=O)CNCCc1ncno1. The lowest BCUT2D eigenvalue weighted by Crippen LogP contribution is -2.38. The van der Waals surface area contributed by atoms with Crippen molar-refractivity contribution < 1.29 is 9.32 Å². The maximum Gasteiger partial charge on any atom is 0.236 e. The molecule has 6 nitrogen and oxygen atoms in total. The number of hydrogen-bond acceptors (Lipinski definition) is 5. The molecule has 1 amide bonds. The summed E-state index contributed by atoms with van der Waals surface area (Å²) in [5.74, 6) is 0.707. The Labute approximate surface area is 95.0 Å². The van der Waals surface area contributed by atoms with E-state index in [1.807, 2.05) is 13.8 Å². The van der Waals surface area contributed by atoms with Gasteiger partial charge in [0.2, 0.25) is 11.8 Å². The fourth-order valence-corrected chi connectivity index (χ4v) is 1.38. The average molecular weight is 226 g/mol. The van der Waals surface area contributed by atoms with Crippen molar-refractivity contribution in [3.05, 3.63) is 12.2 Å². The standard InChI is InChI=1S/C10H18N4O2/c1-3-14(4-2)10(15)7-11-6-5-9-12-8-13-16-9/h8,11H,3-7H2,1-2H3. The Morgan fingerprint density at radius 2 is 2.25 bits per heavy atom. The van der Waals surface area contributed by atoms with E-state index in [1.54, 1.807) is 4.90 Å². The van der Waals surface area contributed by atoms with E-state index in [0.717, 1.165) is 13.1 Å². The summed E-state index contributed by atoms with van der Waals surface area (Å²) in [6.45, 7) is 6.46. The van der Waals surface area contributed by atoms with Crippen molar-refractivity contribution in [2.75, 3.05) is 26.2 Å². The summed E-state index contributed by atoms with van der Waals surface area (Å²) >= 11 is 0. The first-order chi connectivity index (χ1) is 7.77. The van der Waals surface area contributed by atoms with Gasteiger partial charge in [0.1, 0.15) is 0 Å². The molecule has 0 unspecified atom stereocenters. The Morgan fingerprint density at radius 1 is 1.50 bits per heavy atom. The van der Waals surface area contributed by atoms with Crippen LogP contribution in [0.3, 0.4) is 0 Å². The molecule has 1 N–H and O–H groups in total. The van der Waals surface area contributed by atoms with Crippen LogP contribution >= 0.6 is 0 Å². The van der Waals surface area contributed by atoms with E-state index in [2.05, 4.69) is 15.5 Å². The summed E-state index contributed by atoms with van der Waals surface area (Å²) in [5, 5.41) is 6.56. The van der Waals surface area contributed by atoms with E-state index in [0.29, 0.717) is 25.4 Å². The van der Waals surface area contributed by atoms with Crippen LogP contribution in [0, 0.1) is 0 Å². The zero-order valence-corrected chi connectivity index (χ0v) is 9.77. The van der Waals surface area contributed by atoms with Gasteiger partial charge in [-0.1, -0.05) is 5.16 Å². The minimum atomic E-state index is 0.121. The van der Waals surface area contributed by atoms with Crippen LogP contribution in [0.4, 0.5) is 0 Å². The molecule has 0 fully saturated rings. The van der Waals surface area contributed by atoms with Crippen LogP contribution in [-0.4, -0.2) is 47.1 Å². The topological polar surface area (TPSA) is 71.3 Å². The molecule has 0 aromatic carbocycles. The van der Waals surface area contributed by atoms with Crippen LogP contribution in [0.1, 0.15) is 19.7 Å². The van der Waals surface area contributed by atoms with Crippen molar-refractivity contribution in [1.82, 2.24) is 20.4 Å². The lowest BCUT2D eigenvalue weighted by Gasteiger charge is -2.18. The number of carbonyl (C=O) groups is 1. The molecule has 0 aliphatic rings. The first kappa shape index (κ1) is 12.6.